The van der Waals surface area contributed by atoms with Gasteiger partial charge in [-0.1, -0.05) is 103 Å². The minimum absolute atomic E-state index is 0. The fourth-order valence-electron chi connectivity index (χ4n) is 4.72. The van der Waals surface area contributed by atoms with Crippen molar-refractivity contribution in [3.05, 3.63) is 0 Å². The Balaban J connectivity index is 0. The summed E-state index contributed by atoms with van der Waals surface area (Å²) >= 11 is 0. The molecule has 0 aliphatic rings. The molecule has 0 aliphatic heterocycles. The van der Waals surface area contributed by atoms with Crippen LogP contribution in [0.25, 0.3) is 0 Å². The van der Waals surface area contributed by atoms with Gasteiger partial charge in [-0.05, 0) is 26.2 Å². The van der Waals surface area contributed by atoms with Gasteiger partial charge in [0.1, 0.15) is 12.2 Å². The van der Waals surface area contributed by atoms with Crippen LogP contribution in [0, 0.1) is 0 Å². The molecule has 15 heteroatoms. The molecule has 48 heavy (non-hydrogen) atoms. The zero-order valence-electron chi connectivity index (χ0n) is 29.8. The van der Waals surface area contributed by atoms with E-state index in [4.69, 9.17) is 19.1 Å². The van der Waals surface area contributed by atoms with E-state index in [1.807, 2.05) is 0 Å². The fraction of sp³-hybridized carbons (Fsp3) is 0.939. The van der Waals surface area contributed by atoms with Gasteiger partial charge in [0.2, 0.25) is 0 Å². The molecule has 2 N–H and O–H groups in total. The van der Waals surface area contributed by atoms with E-state index >= 15 is 0 Å². The van der Waals surface area contributed by atoms with Gasteiger partial charge in [-0.3, -0.25) is 9.36 Å². The molecule has 0 saturated carbocycles. The second kappa shape index (κ2) is 32.7. The second-order valence-corrected chi connectivity index (χ2v) is 13.4. The third kappa shape index (κ3) is 30.6. The maximum atomic E-state index is 13.8. The number of rotatable bonds is 34. The first-order valence-corrected chi connectivity index (χ1v) is 19.1. The van der Waals surface area contributed by atoms with E-state index < -0.39 is 64.1 Å². The van der Waals surface area contributed by atoms with Crippen LogP contribution in [0.2, 0.25) is 0 Å². The quantitative estimate of drug-likeness (QED) is 0.0430. The van der Waals surface area contributed by atoms with E-state index in [0.29, 0.717) is 6.61 Å². The molecule has 0 aliphatic carbocycles. The topological polar surface area (TPSA) is 161 Å². The van der Waals surface area contributed by atoms with E-state index in [-0.39, 0.29) is 62.0 Å². The van der Waals surface area contributed by atoms with Crippen LogP contribution in [0.1, 0.15) is 142 Å². The normalized spacial score (nSPS) is 14.1. The first-order valence-electron chi connectivity index (χ1n) is 17.7. The summed E-state index contributed by atoms with van der Waals surface area (Å²) in [5.74, 6) is -6.05. The summed E-state index contributed by atoms with van der Waals surface area (Å²) in [7, 11) is -4.89. The molecule has 0 aromatic rings. The van der Waals surface area contributed by atoms with Crippen LogP contribution in [-0.2, 0) is 37.4 Å². The maximum absolute atomic E-state index is 13.8. The van der Waals surface area contributed by atoms with Gasteiger partial charge in [0.05, 0.1) is 33.0 Å². The van der Waals surface area contributed by atoms with Crippen LogP contribution in [0.15, 0.2) is 0 Å². The average Bonchev–Trinajstić information content (AvgIpc) is 3.04. The molecule has 0 radical (unpaired) electrons. The zero-order chi connectivity index (χ0) is 35.2. The number of halogens is 2. The van der Waals surface area contributed by atoms with Crippen LogP contribution in [0.3, 0.4) is 0 Å². The van der Waals surface area contributed by atoms with Crippen molar-refractivity contribution in [2.24, 2.45) is 0 Å². The summed E-state index contributed by atoms with van der Waals surface area (Å²) in [6, 6.07) is 0. The van der Waals surface area contributed by atoms with Crippen molar-refractivity contribution in [3.8, 4) is 0 Å². The number of carbonyl (C=O) groups is 2. The summed E-state index contributed by atoms with van der Waals surface area (Å²) in [5, 5.41) is 18.1. The van der Waals surface area contributed by atoms with Gasteiger partial charge in [0.15, 0.2) is 0 Å². The summed E-state index contributed by atoms with van der Waals surface area (Å²) < 4.78 is 64.0. The van der Waals surface area contributed by atoms with Gasteiger partial charge < -0.3 is 38.4 Å². The molecule has 1 unspecified atom stereocenters. The molecule has 0 spiro atoms. The number of aliphatic hydroxyl groups is 2. The van der Waals surface area contributed by atoms with Gasteiger partial charge in [-0.2, -0.15) is 8.78 Å². The SMILES string of the molecule is CCCCCCCCCCCCCCCCCCOC[C@H](COP(=O)([O-])OC[C@@H](O)CO)OC(=O)CCCCC(F)(F)C(=O)OCC.[Na+]. The van der Waals surface area contributed by atoms with Crippen LogP contribution in [-0.4, -0.2) is 79.9 Å². The van der Waals surface area contributed by atoms with Crippen LogP contribution in [0.5, 0.6) is 0 Å². The minimum Gasteiger partial charge on any atom is -0.756 e. The largest absolute Gasteiger partial charge is 1.00 e. The number of hydrogen-bond acceptors (Lipinski definition) is 11. The predicted octanol–water partition coefficient (Wildman–Crippen LogP) is 3.79. The van der Waals surface area contributed by atoms with Crippen molar-refractivity contribution in [2.45, 2.75) is 160 Å². The molecule has 0 heterocycles. The van der Waals surface area contributed by atoms with Crippen molar-refractivity contribution in [1.29, 1.82) is 0 Å². The Kier molecular flexibility index (Phi) is 34.0. The van der Waals surface area contributed by atoms with Gasteiger partial charge >= 0.3 is 47.4 Å². The Bertz CT molecular complexity index is 826. The molecule has 0 fully saturated rings. The summed E-state index contributed by atoms with van der Waals surface area (Å²) in [6.07, 6.45) is 16.1. The number of esters is 2. The number of unbranched alkanes of at least 4 members (excludes halogenated alkanes) is 16. The molecule has 0 aromatic heterocycles. The first-order chi connectivity index (χ1) is 22.5. The van der Waals surface area contributed by atoms with Crippen molar-refractivity contribution < 1.29 is 90.9 Å². The molecular formula is C33H62F2NaO11P. The maximum Gasteiger partial charge on any atom is 1.00 e. The standard InChI is InChI=1S/C33H63F2O11P.Na/c1-3-5-6-7-8-9-10-11-12-13-14-15-16-17-18-21-24-42-27-30(28-45-47(40,41)44-26-29(37)25-36)46-31(38)22-19-20-23-33(34,35)32(39)43-4-2;/h29-30,36-37H,3-28H2,1-2H3,(H,40,41);/q;+1/p-1/t29-,30+;/m0./s1. The van der Waals surface area contributed by atoms with E-state index in [9.17, 15) is 32.9 Å². The number of phosphoric ester groups is 1. The Morgan fingerprint density at radius 1 is 0.771 bits per heavy atom. The minimum atomic E-state index is -4.89. The molecular weight excluding hydrogens is 664 g/mol. The van der Waals surface area contributed by atoms with E-state index in [1.165, 1.54) is 84.0 Å². The molecule has 11 nitrogen and oxygen atoms in total. The monoisotopic (exact) mass is 726 g/mol. The van der Waals surface area contributed by atoms with E-state index in [2.05, 4.69) is 16.2 Å². The van der Waals surface area contributed by atoms with Crippen molar-refractivity contribution in [3.63, 3.8) is 0 Å². The number of alkyl halides is 2. The number of aliphatic hydroxyl groups excluding tert-OH is 2. The average molecular weight is 727 g/mol. The molecule has 280 valence electrons. The summed E-state index contributed by atoms with van der Waals surface area (Å²) in [4.78, 5) is 35.6. The van der Waals surface area contributed by atoms with E-state index in [1.54, 1.807) is 0 Å². The molecule has 0 rings (SSSR count). The Morgan fingerprint density at radius 3 is 1.77 bits per heavy atom. The smallest absolute Gasteiger partial charge is 0.756 e. The second-order valence-electron chi connectivity index (χ2n) is 12.0. The molecule has 0 bridgehead atoms. The van der Waals surface area contributed by atoms with Gasteiger partial charge in [-0.25, -0.2) is 4.79 Å². The molecule has 0 aromatic carbocycles. The van der Waals surface area contributed by atoms with Crippen LogP contribution in [0.4, 0.5) is 8.78 Å². The van der Waals surface area contributed by atoms with Crippen LogP contribution >= 0.6 is 7.82 Å². The molecule has 0 saturated heterocycles. The fourth-order valence-corrected chi connectivity index (χ4v) is 5.50. The third-order valence-corrected chi connectivity index (χ3v) is 8.42. The number of phosphoric acid groups is 1. The molecule has 3 atom stereocenters. The number of hydrogen-bond donors (Lipinski definition) is 2. The Morgan fingerprint density at radius 2 is 1.27 bits per heavy atom. The van der Waals surface area contributed by atoms with Crippen molar-refractivity contribution in [1.82, 2.24) is 0 Å². The Hall–Kier alpha value is -0.210. The third-order valence-electron chi connectivity index (χ3n) is 7.49. The summed E-state index contributed by atoms with van der Waals surface area (Å²) in [5.41, 5.74) is 0. The number of carbonyl (C=O) groups excluding carboxylic acids is 2. The first kappa shape index (κ1) is 49.9. The summed E-state index contributed by atoms with van der Waals surface area (Å²) in [6.45, 7) is 1.65. The Labute approximate surface area is 309 Å². The van der Waals surface area contributed by atoms with E-state index in [0.717, 1.165) is 25.7 Å². The predicted molar refractivity (Wildman–Crippen MR) is 173 cm³/mol. The zero-order valence-corrected chi connectivity index (χ0v) is 32.7. The number of ether oxygens (including phenoxy) is 3. The van der Waals surface area contributed by atoms with Crippen molar-refractivity contribution >= 4 is 19.8 Å². The van der Waals surface area contributed by atoms with Crippen molar-refractivity contribution in [2.75, 3.05) is 39.6 Å². The van der Waals surface area contributed by atoms with Crippen LogP contribution < -0.4 is 34.5 Å². The van der Waals surface area contributed by atoms with Gasteiger partial charge in [0, 0.05) is 19.4 Å². The van der Waals surface area contributed by atoms with Gasteiger partial charge in [-0.15, -0.1) is 0 Å². The van der Waals surface area contributed by atoms with Gasteiger partial charge in [0.25, 0.3) is 7.82 Å². The molecule has 0 amide bonds.